The lowest BCUT2D eigenvalue weighted by Crippen LogP contribution is -2.19. The van der Waals surface area contributed by atoms with Crippen molar-refractivity contribution in [3.63, 3.8) is 0 Å². The van der Waals surface area contributed by atoms with Crippen LogP contribution in [-0.2, 0) is 4.79 Å². The van der Waals surface area contributed by atoms with Crippen LogP contribution in [0.1, 0.15) is 5.76 Å². The van der Waals surface area contributed by atoms with Gasteiger partial charge in [0.15, 0.2) is 5.17 Å². The molecular weight excluding hydrogens is 312 g/mol. The van der Waals surface area contributed by atoms with Gasteiger partial charge in [-0.2, -0.15) is 0 Å². The average molecular weight is 326 g/mol. The minimum atomic E-state index is -0.161. The predicted octanol–water partition coefficient (Wildman–Crippen LogP) is 3.74. The van der Waals surface area contributed by atoms with Crippen LogP contribution in [0.2, 0.25) is 0 Å². The third-order valence-corrected chi connectivity index (χ3v) is 3.93. The molecular formula is C17H14N2O3S. The highest BCUT2D eigenvalue weighted by molar-refractivity contribution is 8.18. The van der Waals surface area contributed by atoms with E-state index in [0.29, 0.717) is 10.1 Å². The van der Waals surface area contributed by atoms with E-state index in [2.05, 4.69) is 10.3 Å². The fraction of sp³-hybridized carbons (Fsp3) is 0.0588. The van der Waals surface area contributed by atoms with E-state index in [0.717, 1.165) is 17.2 Å². The summed E-state index contributed by atoms with van der Waals surface area (Å²) in [4.78, 5) is 16.9. The minimum absolute atomic E-state index is 0.161. The monoisotopic (exact) mass is 326 g/mol. The minimum Gasteiger partial charge on any atom is -0.497 e. The number of aliphatic imine (C=N–C) groups is 1. The number of carbonyl (C=O) groups is 1. The van der Waals surface area contributed by atoms with Crippen molar-refractivity contribution in [2.24, 2.45) is 4.99 Å². The van der Waals surface area contributed by atoms with Crippen molar-refractivity contribution in [3.05, 3.63) is 65.5 Å². The zero-order valence-corrected chi connectivity index (χ0v) is 13.2. The van der Waals surface area contributed by atoms with E-state index in [9.17, 15) is 4.79 Å². The van der Waals surface area contributed by atoms with Gasteiger partial charge in [-0.3, -0.25) is 4.79 Å². The number of ether oxygens (including phenoxy) is 1. The maximum absolute atomic E-state index is 11.9. The topological polar surface area (TPSA) is 63.8 Å². The summed E-state index contributed by atoms with van der Waals surface area (Å²) < 4.78 is 10.3. The molecule has 1 aromatic carbocycles. The van der Waals surface area contributed by atoms with Crippen molar-refractivity contribution in [2.45, 2.75) is 0 Å². The van der Waals surface area contributed by atoms with Crippen LogP contribution < -0.4 is 10.1 Å². The Morgan fingerprint density at radius 2 is 2.09 bits per heavy atom. The molecule has 2 aromatic rings. The highest BCUT2D eigenvalue weighted by atomic mass is 32.2. The first-order valence-electron chi connectivity index (χ1n) is 6.88. The Hall–Kier alpha value is -2.73. The molecule has 116 valence electrons. The quantitative estimate of drug-likeness (QED) is 0.870. The van der Waals surface area contributed by atoms with Gasteiger partial charge in [-0.1, -0.05) is 6.08 Å². The molecule has 0 radical (unpaired) electrons. The van der Waals surface area contributed by atoms with Crippen LogP contribution in [-0.4, -0.2) is 18.2 Å². The van der Waals surface area contributed by atoms with Gasteiger partial charge in [0.25, 0.3) is 5.91 Å². The van der Waals surface area contributed by atoms with Crippen molar-refractivity contribution in [1.82, 2.24) is 5.32 Å². The van der Waals surface area contributed by atoms with Crippen LogP contribution in [0.15, 0.2) is 69.1 Å². The number of hydrogen-bond acceptors (Lipinski definition) is 5. The average Bonchev–Trinajstić information content (AvgIpc) is 3.19. The number of nitrogens with one attached hydrogen (secondary N) is 1. The van der Waals surface area contributed by atoms with Crippen LogP contribution in [0.25, 0.3) is 6.08 Å². The van der Waals surface area contributed by atoms with E-state index < -0.39 is 0 Å². The molecule has 5 nitrogen and oxygen atoms in total. The number of furan rings is 1. The Balaban J connectivity index is 1.69. The Bertz CT molecular complexity index is 775. The first-order chi connectivity index (χ1) is 11.2. The van der Waals surface area contributed by atoms with E-state index in [1.165, 1.54) is 11.8 Å². The highest BCUT2D eigenvalue weighted by Gasteiger charge is 2.23. The molecule has 1 N–H and O–H groups in total. The second kappa shape index (κ2) is 7.02. The lowest BCUT2D eigenvalue weighted by Gasteiger charge is -1.99. The number of thioether (sulfide) groups is 1. The van der Waals surface area contributed by atoms with Crippen molar-refractivity contribution in [3.8, 4) is 5.75 Å². The molecule has 0 bridgehead atoms. The molecule has 1 amide bonds. The molecule has 1 fully saturated rings. The Morgan fingerprint density at radius 1 is 1.26 bits per heavy atom. The summed E-state index contributed by atoms with van der Waals surface area (Å²) in [5.41, 5.74) is 0.751. The molecule has 0 atom stereocenters. The van der Waals surface area contributed by atoms with Crippen molar-refractivity contribution in [1.29, 1.82) is 0 Å². The number of hydrogen-bond donors (Lipinski definition) is 1. The van der Waals surface area contributed by atoms with E-state index in [4.69, 9.17) is 9.15 Å². The van der Waals surface area contributed by atoms with Gasteiger partial charge in [0.2, 0.25) is 0 Å². The van der Waals surface area contributed by atoms with Gasteiger partial charge in [-0.05, 0) is 60.3 Å². The fourth-order valence-corrected chi connectivity index (χ4v) is 2.68. The van der Waals surface area contributed by atoms with Crippen LogP contribution in [0.5, 0.6) is 5.75 Å². The van der Waals surface area contributed by atoms with Gasteiger partial charge in [-0.15, -0.1) is 0 Å². The number of benzene rings is 1. The lowest BCUT2D eigenvalue weighted by atomic mass is 10.3. The first kappa shape index (κ1) is 15.2. The largest absolute Gasteiger partial charge is 0.497 e. The van der Waals surface area contributed by atoms with E-state index in [1.807, 2.05) is 36.4 Å². The molecule has 1 aromatic heterocycles. The number of allylic oxidation sites excluding steroid dienone is 2. The Labute approximate surface area is 137 Å². The second-order valence-corrected chi connectivity index (χ2v) is 5.61. The predicted molar refractivity (Wildman–Crippen MR) is 91.6 cm³/mol. The molecule has 0 aliphatic carbocycles. The van der Waals surface area contributed by atoms with Gasteiger partial charge in [0, 0.05) is 0 Å². The maximum Gasteiger partial charge on any atom is 0.264 e. The molecule has 1 aliphatic heterocycles. The van der Waals surface area contributed by atoms with Crippen molar-refractivity contribution in [2.75, 3.05) is 7.11 Å². The zero-order chi connectivity index (χ0) is 16.1. The van der Waals surface area contributed by atoms with Crippen LogP contribution in [0.4, 0.5) is 5.69 Å². The summed E-state index contributed by atoms with van der Waals surface area (Å²) in [6, 6.07) is 11.0. The normalized spacial score (nSPS) is 18.0. The van der Waals surface area contributed by atoms with E-state index in [-0.39, 0.29) is 5.91 Å². The number of nitrogens with zero attached hydrogens (tertiary/aromatic N) is 1. The van der Waals surface area contributed by atoms with Gasteiger partial charge < -0.3 is 14.5 Å². The summed E-state index contributed by atoms with van der Waals surface area (Å²) >= 11 is 1.30. The number of rotatable bonds is 4. The highest BCUT2D eigenvalue weighted by Crippen LogP contribution is 2.27. The molecule has 23 heavy (non-hydrogen) atoms. The standard InChI is InChI=1S/C17H14N2O3S/c1-21-13-9-7-12(8-10-13)18-17-19-16(20)15(23-17)6-2-4-14-5-3-11-22-14/h2-11H,1H3,(H,18,19,20)/b4-2+,15-6-. The number of amidine groups is 1. The summed E-state index contributed by atoms with van der Waals surface area (Å²) in [5.74, 6) is 1.34. The zero-order valence-electron chi connectivity index (χ0n) is 12.4. The van der Waals surface area contributed by atoms with Crippen LogP contribution >= 0.6 is 11.8 Å². The molecule has 6 heteroatoms. The third-order valence-electron chi connectivity index (χ3n) is 3.01. The van der Waals surface area contributed by atoms with Crippen LogP contribution in [0.3, 0.4) is 0 Å². The molecule has 0 spiro atoms. The summed E-state index contributed by atoms with van der Waals surface area (Å²) in [6.45, 7) is 0. The number of amides is 1. The molecule has 0 saturated carbocycles. The Morgan fingerprint density at radius 3 is 2.78 bits per heavy atom. The lowest BCUT2D eigenvalue weighted by molar-refractivity contribution is -0.115. The molecule has 0 unspecified atom stereocenters. The number of carbonyl (C=O) groups excluding carboxylic acids is 1. The maximum atomic E-state index is 11.9. The molecule has 1 aliphatic rings. The molecule has 2 heterocycles. The van der Waals surface area contributed by atoms with E-state index in [1.54, 1.807) is 31.6 Å². The molecule has 1 saturated heterocycles. The SMILES string of the molecule is COc1ccc(N=C2NC(=O)/C(=C/C=C/c3ccco3)S2)cc1. The van der Waals surface area contributed by atoms with Crippen molar-refractivity contribution >= 4 is 34.6 Å². The van der Waals surface area contributed by atoms with Gasteiger partial charge in [-0.25, -0.2) is 4.99 Å². The Kier molecular flexibility index (Phi) is 4.63. The summed E-state index contributed by atoms with van der Waals surface area (Å²) in [6.07, 6.45) is 6.90. The fourth-order valence-electron chi connectivity index (χ4n) is 1.89. The van der Waals surface area contributed by atoms with E-state index >= 15 is 0 Å². The smallest absolute Gasteiger partial charge is 0.264 e. The van der Waals surface area contributed by atoms with Gasteiger partial charge >= 0.3 is 0 Å². The summed E-state index contributed by atoms with van der Waals surface area (Å²) in [7, 11) is 1.61. The van der Waals surface area contributed by atoms with Crippen LogP contribution in [0, 0.1) is 0 Å². The second-order valence-electron chi connectivity index (χ2n) is 4.58. The van der Waals surface area contributed by atoms with Gasteiger partial charge in [0.1, 0.15) is 11.5 Å². The third kappa shape index (κ3) is 3.92. The number of methoxy groups -OCH3 is 1. The first-order valence-corrected chi connectivity index (χ1v) is 7.70. The summed E-state index contributed by atoms with van der Waals surface area (Å²) in [5, 5.41) is 3.30. The van der Waals surface area contributed by atoms with Crippen molar-refractivity contribution < 1.29 is 13.9 Å². The van der Waals surface area contributed by atoms with Gasteiger partial charge in [0.05, 0.1) is 24.0 Å². The molecule has 3 rings (SSSR count).